The van der Waals surface area contributed by atoms with Gasteiger partial charge in [0.2, 0.25) is 10.0 Å². The number of aromatic nitrogens is 1. The summed E-state index contributed by atoms with van der Waals surface area (Å²) in [5, 5.41) is 3.03. The predicted molar refractivity (Wildman–Crippen MR) is 91.7 cm³/mol. The summed E-state index contributed by atoms with van der Waals surface area (Å²) in [6.07, 6.45) is -3.19. The van der Waals surface area contributed by atoms with Crippen molar-refractivity contribution < 1.29 is 21.6 Å². The fourth-order valence-corrected chi connectivity index (χ4v) is 3.36. The molecule has 5 nitrogen and oxygen atoms in total. The van der Waals surface area contributed by atoms with Crippen LogP contribution >= 0.6 is 15.9 Å². The standard InChI is InChI=1S/C15H15BrF3N3O2S/c1-9(10-3-5-11(6-4-10)15(17,18)19)22-14-13(16)7-12(8-21-14)25(23,24)20-2/h3-9,20H,1-2H3,(H,21,22)/t9-/m0/s1. The van der Waals surface area contributed by atoms with Crippen LogP contribution in [0, 0.1) is 0 Å². The van der Waals surface area contributed by atoms with Crippen molar-refractivity contribution in [2.24, 2.45) is 0 Å². The van der Waals surface area contributed by atoms with Crippen molar-refractivity contribution in [3.63, 3.8) is 0 Å². The van der Waals surface area contributed by atoms with Crippen molar-refractivity contribution in [2.75, 3.05) is 12.4 Å². The smallest absolute Gasteiger partial charge is 0.363 e. The number of rotatable bonds is 5. The zero-order valence-corrected chi connectivity index (χ0v) is 15.6. The third-order valence-electron chi connectivity index (χ3n) is 3.49. The van der Waals surface area contributed by atoms with Crippen LogP contribution in [0.15, 0.2) is 45.9 Å². The molecule has 0 aliphatic carbocycles. The van der Waals surface area contributed by atoms with E-state index in [2.05, 4.69) is 31.0 Å². The second-order valence-electron chi connectivity index (χ2n) is 5.19. The molecule has 0 aliphatic rings. The molecule has 1 aromatic heterocycles. The molecule has 0 bridgehead atoms. The largest absolute Gasteiger partial charge is 0.416 e. The molecule has 0 saturated carbocycles. The molecule has 2 rings (SSSR count). The summed E-state index contributed by atoms with van der Waals surface area (Å²) in [6, 6.07) is 5.85. The molecule has 1 heterocycles. The van der Waals surface area contributed by atoms with Crippen LogP contribution in [0.3, 0.4) is 0 Å². The van der Waals surface area contributed by atoms with E-state index in [1.165, 1.54) is 31.4 Å². The Labute approximate surface area is 151 Å². The van der Waals surface area contributed by atoms with Gasteiger partial charge in [0, 0.05) is 12.2 Å². The zero-order valence-electron chi connectivity index (χ0n) is 13.2. The first-order chi connectivity index (χ1) is 11.5. The van der Waals surface area contributed by atoms with Crippen LogP contribution in [0.5, 0.6) is 0 Å². The minimum absolute atomic E-state index is 0.00499. The van der Waals surface area contributed by atoms with Gasteiger partial charge < -0.3 is 5.32 Å². The number of sulfonamides is 1. The number of pyridine rings is 1. The number of halogens is 4. The minimum atomic E-state index is -4.38. The molecule has 0 unspecified atom stereocenters. The predicted octanol–water partition coefficient (Wildman–Crippen LogP) is 3.94. The van der Waals surface area contributed by atoms with Gasteiger partial charge in [-0.15, -0.1) is 0 Å². The highest BCUT2D eigenvalue weighted by Gasteiger charge is 2.30. The molecule has 0 radical (unpaired) electrons. The molecule has 0 spiro atoms. The summed E-state index contributed by atoms with van der Waals surface area (Å²) in [6.45, 7) is 1.76. The first-order valence-electron chi connectivity index (χ1n) is 7.07. The summed E-state index contributed by atoms with van der Waals surface area (Å²) >= 11 is 3.24. The van der Waals surface area contributed by atoms with E-state index in [4.69, 9.17) is 0 Å². The quantitative estimate of drug-likeness (QED) is 0.742. The fraction of sp³-hybridized carbons (Fsp3) is 0.267. The molecular formula is C15H15BrF3N3O2S. The second-order valence-corrected chi connectivity index (χ2v) is 7.94. The van der Waals surface area contributed by atoms with Gasteiger partial charge in [0.15, 0.2) is 0 Å². The number of hydrogen-bond acceptors (Lipinski definition) is 4. The highest BCUT2D eigenvalue weighted by molar-refractivity contribution is 9.10. The van der Waals surface area contributed by atoms with Crippen LogP contribution in [0.25, 0.3) is 0 Å². The van der Waals surface area contributed by atoms with Gasteiger partial charge in [0.05, 0.1) is 10.0 Å². The van der Waals surface area contributed by atoms with Gasteiger partial charge in [0.25, 0.3) is 0 Å². The normalized spacial score (nSPS) is 13.5. The Hall–Kier alpha value is -1.65. The second kappa shape index (κ2) is 7.30. The Morgan fingerprint density at radius 3 is 2.28 bits per heavy atom. The Balaban J connectivity index is 2.19. The van der Waals surface area contributed by atoms with Crippen LogP contribution < -0.4 is 10.0 Å². The number of nitrogens with one attached hydrogen (secondary N) is 2. The van der Waals surface area contributed by atoms with E-state index in [9.17, 15) is 21.6 Å². The van der Waals surface area contributed by atoms with Gasteiger partial charge >= 0.3 is 6.18 Å². The van der Waals surface area contributed by atoms with E-state index in [0.717, 1.165) is 12.1 Å². The molecular weight excluding hydrogens is 423 g/mol. The highest BCUT2D eigenvalue weighted by atomic mass is 79.9. The molecule has 136 valence electrons. The average molecular weight is 438 g/mol. The summed E-state index contributed by atoms with van der Waals surface area (Å²) < 4.78 is 63.9. The van der Waals surface area contributed by atoms with Crippen LogP contribution in [-0.2, 0) is 16.2 Å². The SMILES string of the molecule is CNS(=O)(=O)c1cnc(N[C@@H](C)c2ccc(C(F)(F)F)cc2)c(Br)c1. The lowest BCUT2D eigenvalue weighted by atomic mass is 10.1. The van der Waals surface area contributed by atoms with E-state index < -0.39 is 21.8 Å². The average Bonchev–Trinajstić information content (AvgIpc) is 2.55. The Morgan fingerprint density at radius 1 is 1.20 bits per heavy atom. The van der Waals surface area contributed by atoms with Crippen LogP contribution in [-0.4, -0.2) is 20.4 Å². The van der Waals surface area contributed by atoms with Crippen molar-refractivity contribution in [1.82, 2.24) is 9.71 Å². The van der Waals surface area contributed by atoms with Crippen LogP contribution in [0.1, 0.15) is 24.1 Å². The van der Waals surface area contributed by atoms with E-state index in [1.807, 2.05) is 0 Å². The molecule has 0 amide bonds. The third kappa shape index (κ3) is 4.71. The molecule has 2 N–H and O–H groups in total. The summed E-state index contributed by atoms with van der Waals surface area (Å²) in [5.74, 6) is 0.377. The molecule has 1 aromatic carbocycles. The maximum absolute atomic E-state index is 12.6. The summed E-state index contributed by atoms with van der Waals surface area (Å²) in [7, 11) is -2.32. The lowest BCUT2D eigenvalue weighted by molar-refractivity contribution is -0.137. The number of alkyl halides is 3. The molecule has 25 heavy (non-hydrogen) atoms. The minimum Gasteiger partial charge on any atom is -0.363 e. The van der Waals surface area contributed by atoms with Gasteiger partial charge in [-0.1, -0.05) is 12.1 Å². The topological polar surface area (TPSA) is 71.1 Å². The van der Waals surface area contributed by atoms with E-state index in [0.29, 0.717) is 15.9 Å². The molecule has 10 heteroatoms. The molecule has 0 aliphatic heterocycles. The van der Waals surface area contributed by atoms with Crippen molar-refractivity contribution in [2.45, 2.75) is 24.0 Å². The summed E-state index contributed by atoms with van der Waals surface area (Å²) in [4.78, 5) is 4.05. The lowest BCUT2D eigenvalue weighted by Crippen LogP contribution is -2.19. The van der Waals surface area contributed by atoms with Crippen molar-refractivity contribution in [3.05, 3.63) is 52.1 Å². The first kappa shape index (κ1) is 19.7. The lowest BCUT2D eigenvalue weighted by Gasteiger charge is -2.17. The van der Waals surface area contributed by atoms with E-state index >= 15 is 0 Å². The van der Waals surface area contributed by atoms with Crippen LogP contribution in [0.4, 0.5) is 19.0 Å². The van der Waals surface area contributed by atoms with E-state index in [1.54, 1.807) is 6.92 Å². The van der Waals surface area contributed by atoms with Gasteiger partial charge in [-0.3, -0.25) is 0 Å². The molecule has 0 fully saturated rings. The first-order valence-corrected chi connectivity index (χ1v) is 9.35. The Kier molecular flexibility index (Phi) is 5.75. The van der Waals surface area contributed by atoms with Crippen molar-refractivity contribution in [3.8, 4) is 0 Å². The molecule has 0 saturated heterocycles. The van der Waals surface area contributed by atoms with Gasteiger partial charge in [-0.2, -0.15) is 13.2 Å². The van der Waals surface area contributed by atoms with Crippen LogP contribution in [0.2, 0.25) is 0 Å². The highest BCUT2D eigenvalue weighted by Crippen LogP contribution is 2.31. The van der Waals surface area contributed by atoms with E-state index in [-0.39, 0.29) is 10.9 Å². The zero-order chi connectivity index (χ0) is 18.8. The fourth-order valence-electron chi connectivity index (χ4n) is 2.04. The van der Waals surface area contributed by atoms with Gasteiger partial charge in [0.1, 0.15) is 10.7 Å². The number of hydrogen-bond donors (Lipinski definition) is 2. The molecule has 1 atom stereocenters. The Morgan fingerprint density at radius 2 is 1.80 bits per heavy atom. The number of benzene rings is 1. The third-order valence-corrected chi connectivity index (χ3v) is 5.47. The van der Waals surface area contributed by atoms with Gasteiger partial charge in [-0.05, 0) is 53.7 Å². The number of nitrogens with zero attached hydrogens (tertiary/aromatic N) is 1. The van der Waals surface area contributed by atoms with Crippen molar-refractivity contribution >= 4 is 31.8 Å². The maximum atomic E-state index is 12.6. The van der Waals surface area contributed by atoms with Crippen molar-refractivity contribution in [1.29, 1.82) is 0 Å². The summed E-state index contributed by atoms with van der Waals surface area (Å²) in [5.41, 5.74) is -0.0852. The maximum Gasteiger partial charge on any atom is 0.416 e. The number of anilines is 1. The Bertz CT molecular complexity index is 855. The monoisotopic (exact) mass is 437 g/mol. The van der Waals surface area contributed by atoms with Gasteiger partial charge in [-0.25, -0.2) is 18.1 Å². The molecule has 2 aromatic rings.